The molecule has 1 aromatic heterocycles. The molecule has 8 nitrogen and oxygen atoms in total. The Morgan fingerprint density at radius 3 is 2.70 bits per heavy atom. The van der Waals surface area contributed by atoms with Crippen LogP contribution >= 0.6 is 0 Å². The van der Waals surface area contributed by atoms with Crippen LogP contribution in [0.5, 0.6) is 11.5 Å². The van der Waals surface area contributed by atoms with Gasteiger partial charge in [-0.05, 0) is 18.2 Å². The van der Waals surface area contributed by atoms with Gasteiger partial charge in [0.05, 0.1) is 11.0 Å². The van der Waals surface area contributed by atoms with Crippen molar-refractivity contribution >= 4 is 23.1 Å². The highest BCUT2D eigenvalue weighted by molar-refractivity contribution is 5.89. The molecule has 1 heterocycles. The van der Waals surface area contributed by atoms with Crippen molar-refractivity contribution in [1.29, 1.82) is 0 Å². The van der Waals surface area contributed by atoms with Gasteiger partial charge in [-0.3, -0.25) is 14.9 Å². The van der Waals surface area contributed by atoms with Crippen LogP contribution in [-0.4, -0.2) is 22.9 Å². The lowest BCUT2D eigenvalue weighted by atomic mass is 10.2. The Hall–Kier alpha value is -3.16. The zero-order valence-corrected chi connectivity index (χ0v) is 12.7. The highest BCUT2D eigenvalue weighted by atomic mass is 16.6. The lowest BCUT2D eigenvalue weighted by molar-refractivity contribution is -0.384. The summed E-state index contributed by atoms with van der Waals surface area (Å²) in [5, 5.41) is 16.4. The first-order chi connectivity index (χ1) is 11.0. The minimum Gasteiger partial charge on any atom is -0.457 e. The summed E-state index contributed by atoms with van der Waals surface area (Å²) < 4.78 is 5.60. The summed E-state index contributed by atoms with van der Waals surface area (Å²) in [6, 6.07) is 7.65. The summed E-state index contributed by atoms with van der Waals surface area (Å²) >= 11 is 0. The maximum absolute atomic E-state index is 11.4. The number of aromatic nitrogens is 1. The highest BCUT2D eigenvalue weighted by Gasteiger charge is 2.14. The van der Waals surface area contributed by atoms with E-state index in [1.807, 2.05) is 0 Å². The molecule has 0 fully saturated rings. The van der Waals surface area contributed by atoms with Crippen LogP contribution in [0.25, 0.3) is 0 Å². The summed E-state index contributed by atoms with van der Waals surface area (Å²) in [7, 11) is 1.61. The number of nitrogens with one attached hydrogen (secondary N) is 2. The van der Waals surface area contributed by atoms with E-state index in [1.54, 1.807) is 38.2 Å². The lowest BCUT2D eigenvalue weighted by Crippen LogP contribution is -2.10. The average Bonchev–Trinajstić information content (AvgIpc) is 2.55. The Bertz CT molecular complexity index is 733. The van der Waals surface area contributed by atoms with Crippen LogP contribution < -0.4 is 15.4 Å². The van der Waals surface area contributed by atoms with Crippen LogP contribution in [0, 0.1) is 10.1 Å². The van der Waals surface area contributed by atoms with Crippen molar-refractivity contribution in [3.63, 3.8) is 0 Å². The number of hydrogen-bond donors (Lipinski definition) is 2. The van der Waals surface area contributed by atoms with Crippen molar-refractivity contribution in [2.45, 2.75) is 13.3 Å². The van der Waals surface area contributed by atoms with E-state index in [0.717, 1.165) is 0 Å². The molecule has 1 amide bonds. The van der Waals surface area contributed by atoms with E-state index in [4.69, 9.17) is 4.74 Å². The van der Waals surface area contributed by atoms with E-state index >= 15 is 0 Å². The van der Waals surface area contributed by atoms with Crippen molar-refractivity contribution in [3.8, 4) is 11.5 Å². The Labute approximate surface area is 132 Å². The van der Waals surface area contributed by atoms with E-state index in [-0.39, 0.29) is 11.6 Å². The Balaban J connectivity index is 2.22. The number of carbonyl (C=O) groups is 1. The third-order valence-electron chi connectivity index (χ3n) is 2.99. The van der Waals surface area contributed by atoms with Crippen LogP contribution in [0.1, 0.15) is 13.3 Å². The van der Waals surface area contributed by atoms with E-state index < -0.39 is 4.92 Å². The summed E-state index contributed by atoms with van der Waals surface area (Å²) in [4.78, 5) is 25.9. The van der Waals surface area contributed by atoms with Gasteiger partial charge in [-0.15, -0.1) is 0 Å². The molecule has 2 rings (SSSR count). The average molecular weight is 316 g/mol. The first-order valence-electron chi connectivity index (χ1n) is 6.93. The molecule has 120 valence electrons. The number of pyridine rings is 1. The molecule has 0 bridgehead atoms. The zero-order valence-electron chi connectivity index (χ0n) is 12.7. The summed E-state index contributed by atoms with van der Waals surface area (Å²) in [6.45, 7) is 1.73. The molecule has 8 heteroatoms. The van der Waals surface area contributed by atoms with Gasteiger partial charge in [0.1, 0.15) is 23.0 Å². The molecule has 23 heavy (non-hydrogen) atoms. The number of nitro groups is 1. The number of amides is 1. The van der Waals surface area contributed by atoms with Crippen molar-refractivity contribution in [2.24, 2.45) is 0 Å². The Kier molecular flexibility index (Phi) is 5.08. The van der Waals surface area contributed by atoms with E-state index in [0.29, 0.717) is 29.4 Å². The van der Waals surface area contributed by atoms with Gasteiger partial charge >= 0.3 is 0 Å². The predicted molar refractivity (Wildman–Crippen MR) is 85.9 cm³/mol. The normalized spacial score (nSPS) is 10.0. The zero-order chi connectivity index (χ0) is 16.8. The first-order valence-corrected chi connectivity index (χ1v) is 6.93. The van der Waals surface area contributed by atoms with Crippen LogP contribution in [0.3, 0.4) is 0 Å². The summed E-state index contributed by atoms with van der Waals surface area (Å²) in [6.07, 6.45) is 1.82. The molecule has 0 saturated carbocycles. The number of nitro benzene ring substituents is 1. The smallest absolute Gasteiger partial charge is 0.296 e. The molecule has 2 aromatic rings. The predicted octanol–water partition coefficient (Wildman–Crippen LogP) is 3.17. The molecular weight excluding hydrogens is 300 g/mol. The molecule has 0 spiro atoms. The van der Waals surface area contributed by atoms with Crippen LogP contribution in [0.15, 0.2) is 36.5 Å². The molecule has 2 N–H and O–H groups in total. The molecule has 0 aliphatic rings. The topological polar surface area (TPSA) is 106 Å². The largest absolute Gasteiger partial charge is 0.457 e. The standard InChI is InChI=1S/C15H16N4O4/c1-3-15(20)18-14-9-11(6-7-17-14)23-10-4-5-12(16-2)13(8-10)19(21)22/h4-9,16H,3H2,1-2H3,(H,17,18,20). The number of rotatable bonds is 6. The number of anilines is 2. The summed E-state index contributed by atoms with van der Waals surface area (Å²) in [5.41, 5.74) is 0.312. The van der Waals surface area contributed by atoms with Crippen LogP contribution in [0.4, 0.5) is 17.2 Å². The molecule has 0 aliphatic heterocycles. The van der Waals surface area contributed by atoms with Gasteiger partial charge in [0.25, 0.3) is 5.69 Å². The summed E-state index contributed by atoms with van der Waals surface area (Å²) in [5.74, 6) is 0.923. The van der Waals surface area contributed by atoms with Gasteiger partial charge in [-0.25, -0.2) is 4.98 Å². The quantitative estimate of drug-likeness (QED) is 0.626. The van der Waals surface area contributed by atoms with Crippen LogP contribution in [-0.2, 0) is 4.79 Å². The number of carbonyl (C=O) groups excluding carboxylic acids is 1. The molecule has 1 aromatic carbocycles. The fraction of sp³-hybridized carbons (Fsp3) is 0.200. The molecule has 0 radical (unpaired) electrons. The Morgan fingerprint density at radius 1 is 1.30 bits per heavy atom. The Morgan fingerprint density at radius 2 is 2.04 bits per heavy atom. The maximum Gasteiger partial charge on any atom is 0.296 e. The lowest BCUT2D eigenvalue weighted by Gasteiger charge is -2.09. The van der Waals surface area contributed by atoms with Crippen LogP contribution in [0.2, 0.25) is 0 Å². The number of benzene rings is 1. The van der Waals surface area contributed by atoms with E-state index in [9.17, 15) is 14.9 Å². The molecule has 0 saturated heterocycles. The van der Waals surface area contributed by atoms with Crippen molar-refractivity contribution in [2.75, 3.05) is 17.7 Å². The fourth-order valence-electron chi connectivity index (χ4n) is 1.85. The minimum atomic E-state index is -0.488. The number of ether oxygens (including phenoxy) is 1. The SMILES string of the molecule is CCC(=O)Nc1cc(Oc2ccc(NC)c([N+](=O)[O-])c2)ccn1. The van der Waals surface area contributed by atoms with Crippen molar-refractivity contribution < 1.29 is 14.5 Å². The van der Waals surface area contributed by atoms with Gasteiger partial charge in [0.15, 0.2) is 0 Å². The van der Waals surface area contributed by atoms with Gasteiger partial charge in [0.2, 0.25) is 5.91 Å². The molecule has 0 aliphatic carbocycles. The van der Waals surface area contributed by atoms with Crippen molar-refractivity contribution in [1.82, 2.24) is 4.98 Å². The van der Waals surface area contributed by atoms with Crippen molar-refractivity contribution in [3.05, 3.63) is 46.6 Å². The number of hydrogen-bond acceptors (Lipinski definition) is 6. The maximum atomic E-state index is 11.4. The van der Waals surface area contributed by atoms with E-state index in [1.165, 1.54) is 12.3 Å². The third kappa shape index (κ3) is 4.16. The minimum absolute atomic E-state index is 0.0847. The fourth-order valence-corrected chi connectivity index (χ4v) is 1.85. The second kappa shape index (κ2) is 7.21. The first kappa shape index (κ1) is 16.2. The molecule has 0 atom stereocenters. The molecule has 0 unspecified atom stereocenters. The van der Waals surface area contributed by atoms with Gasteiger partial charge in [0, 0.05) is 25.7 Å². The second-order valence-electron chi connectivity index (χ2n) is 4.57. The van der Waals surface area contributed by atoms with Gasteiger partial charge < -0.3 is 15.4 Å². The van der Waals surface area contributed by atoms with Gasteiger partial charge in [-0.1, -0.05) is 6.92 Å². The molecular formula is C15H16N4O4. The second-order valence-corrected chi connectivity index (χ2v) is 4.57. The monoisotopic (exact) mass is 316 g/mol. The third-order valence-corrected chi connectivity index (χ3v) is 2.99. The van der Waals surface area contributed by atoms with E-state index in [2.05, 4.69) is 15.6 Å². The number of nitrogens with zero attached hydrogens (tertiary/aromatic N) is 2. The highest BCUT2D eigenvalue weighted by Crippen LogP contribution is 2.31. The van der Waals surface area contributed by atoms with Gasteiger partial charge in [-0.2, -0.15) is 0 Å².